The lowest BCUT2D eigenvalue weighted by atomic mass is 10.2. The van der Waals surface area contributed by atoms with Gasteiger partial charge < -0.3 is 29.7 Å². The summed E-state index contributed by atoms with van der Waals surface area (Å²) >= 11 is 0. The maximum absolute atomic E-state index is 12.0. The zero-order valence-corrected chi connectivity index (χ0v) is 20.1. The van der Waals surface area contributed by atoms with Crippen molar-refractivity contribution in [1.29, 1.82) is 0 Å². The zero-order valence-electron chi connectivity index (χ0n) is 19.2. The normalized spacial score (nSPS) is 14.7. The van der Waals surface area contributed by atoms with E-state index in [9.17, 15) is 18.9 Å². The van der Waals surface area contributed by atoms with Crippen molar-refractivity contribution in [2.45, 2.75) is 38.8 Å². The summed E-state index contributed by atoms with van der Waals surface area (Å²) in [7, 11) is -4.25. The number of rotatable bonds is 14. The van der Waals surface area contributed by atoms with E-state index in [1.165, 1.54) is 18.5 Å². The number of imide groups is 1. The van der Waals surface area contributed by atoms with Crippen LogP contribution < -0.4 is 10.6 Å². The van der Waals surface area contributed by atoms with Crippen LogP contribution in [0.3, 0.4) is 0 Å². The Balaban J connectivity index is 1.38. The molecule has 0 aliphatic carbocycles. The first-order valence-electron chi connectivity index (χ1n) is 11.0. The van der Waals surface area contributed by atoms with Crippen LogP contribution in [-0.4, -0.2) is 84.0 Å². The second-order valence-corrected chi connectivity index (χ2v) is 9.55. The van der Waals surface area contributed by atoms with Gasteiger partial charge in [-0.1, -0.05) is 0 Å². The fraction of sp³-hybridized carbons (Fsp3) is 0.500. The molecule has 15 heteroatoms. The first-order chi connectivity index (χ1) is 16.6. The van der Waals surface area contributed by atoms with E-state index >= 15 is 0 Å². The Kier molecular flexibility index (Phi) is 9.04. The summed E-state index contributed by atoms with van der Waals surface area (Å²) in [5.74, 6) is -0.292. The van der Waals surface area contributed by atoms with Gasteiger partial charge in [0.2, 0.25) is 5.91 Å². The Morgan fingerprint density at radius 1 is 1.14 bits per heavy atom. The maximum Gasteiger partial charge on any atom is 0.350 e. The van der Waals surface area contributed by atoms with Gasteiger partial charge in [0.25, 0.3) is 11.8 Å². The fourth-order valence-electron chi connectivity index (χ4n) is 3.38. The number of hydrogen-bond acceptors (Lipinski definition) is 9. The number of anilines is 1. The van der Waals surface area contributed by atoms with Crippen molar-refractivity contribution in [1.82, 2.24) is 29.7 Å². The quantitative estimate of drug-likeness (QED) is 0.152. The van der Waals surface area contributed by atoms with Crippen molar-refractivity contribution < 1.29 is 33.5 Å². The van der Waals surface area contributed by atoms with Gasteiger partial charge in [0.15, 0.2) is 11.5 Å². The molecular weight excluding hydrogens is 481 g/mol. The number of imidazole rings is 1. The van der Waals surface area contributed by atoms with Gasteiger partial charge >= 0.3 is 7.60 Å². The second-order valence-electron chi connectivity index (χ2n) is 7.96. The van der Waals surface area contributed by atoms with Crippen LogP contribution >= 0.6 is 7.60 Å². The molecule has 0 saturated heterocycles. The van der Waals surface area contributed by atoms with Crippen molar-refractivity contribution in [3.05, 3.63) is 24.8 Å². The molecule has 1 aliphatic heterocycles. The lowest BCUT2D eigenvalue weighted by molar-refractivity contribution is -0.136. The average molecular weight is 509 g/mol. The number of hydrogen-bond donors (Lipinski definition) is 4. The topological polar surface area (TPSA) is 189 Å². The first kappa shape index (κ1) is 26.4. The van der Waals surface area contributed by atoms with Gasteiger partial charge in [-0.3, -0.25) is 23.8 Å². The highest BCUT2D eigenvalue weighted by molar-refractivity contribution is 7.51. The Bertz CT molecular complexity index is 1130. The zero-order chi connectivity index (χ0) is 25.4. The van der Waals surface area contributed by atoms with Crippen molar-refractivity contribution in [2.24, 2.45) is 0 Å². The third-order valence-corrected chi connectivity index (χ3v) is 5.54. The van der Waals surface area contributed by atoms with E-state index in [0.29, 0.717) is 56.0 Å². The molecule has 35 heavy (non-hydrogen) atoms. The minimum atomic E-state index is -4.25. The molecule has 0 unspecified atom stereocenters. The van der Waals surface area contributed by atoms with Crippen molar-refractivity contribution in [2.75, 3.05) is 31.3 Å². The van der Waals surface area contributed by atoms with Crippen molar-refractivity contribution >= 4 is 42.3 Å². The third kappa shape index (κ3) is 7.92. The first-order valence-corrected chi connectivity index (χ1v) is 12.8. The monoisotopic (exact) mass is 509 g/mol. The van der Waals surface area contributed by atoms with Crippen LogP contribution in [-0.2, 0) is 30.2 Å². The van der Waals surface area contributed by atoms with E-state index in [1.54, 1.807) is 17.8 Å². The molecule has 2 aromatic rings. The number of carbonyl (C=O) groups excluding carboxylic acids is 3. The van der Waals surface area contributed by atoms with E-state index in [1.807, 2.05) is 0 Å². The molecule has 2 aromatic heterocycles. The van der Waals surface area contributed by atoms with Crippen LogP contribution in [0.25, 0.3) is 11.2 Å². The van der Waals surface area contributed by atoms with E-state index in [-0.39, 0.29) is 24.1 Å². The van der Waals surface area contributed by atoms with Gasteiger partial charge in [-0.15, -0.1) is 0 Å². The van der Waals surface area contributed by atoms with E-state index < -0.39 is 20.0 Å². The lowest BCUT2D eigenvalue weighted by Gasteiger charge is -2.14. The highest BCUT2D eigenvalue weighted by atomic mass is 31.2. The highest BCUT2D eigenvalue weighted by Crippen LogP contribution is 2.34. The Labute approximate surface area is 200 Å². The summed E-state index contributed by atoms with van der Waals surface area (Å²) in [6.45, 7) is 3.03. The number of unbranched alkanes of at least 4 members (excludes halogenated alkanes) is 1. The Hall–Kier alpha value is -3.19. The molecule has 3 heterocycles. The molecule has 0 fully saturated rings. The number of carbonyl (C=O) groups is 3. The summed E-state index contributed by atoms with van der Waals surface area (Å²) in [6, 6.07) is 0. The predicted octanol–water partition coefficient (Wildman–Crippen LogP) is -0.01000. The van der Waals surface area contributed by atoms with Gasteiger partial charge in [0.05, 0.1) is 19.0 Å². The van der Waals surface area contributed by atoms with Gasteiger partial charge in [0.1, 0.15) is 18.2 Å². The van der Waals surface area contributed by atoms with Gasteiger partial charge in [-0.05, 0) is 19.8 Å². The van der Waals surface area contributed by atoms with Gasteiger partial charge in [-0.2, -0.15) is 0 Å². The molecule has 190 valence electrons. The maximum atomic E-state index is 12.0. The Morgan fingerprint density at radius 3 is 2.60 bits per heavy atom. The van der Waals surface area contributed by atoms with Crippen LogP contribution in [0.15, 0.2) is 24.8 Å². The number of fused-ring (bicyclic) bond motifs is 1. The molecule has 3 rings (SSSR count). The number of nitrogens with one attached hydrogen (secondary N) is 2. The summed E-state index contributed by atoms with van der Waals surface area (Å²) in [5, 5.41) is 5.90. The standard InChI is InChI=1S/C20H28N7O7P/c1-14(34-13-35(31,32)33)10-26-12-25-18-19(23-11-24-20(18)26)22-8-7-21-15(28)4-2-3-9-27-16(29)5-6-17(27)30/h5-6,11-12,14H,2-4,7-10,13H2,1H3,(H,21,28)(H,22,23,24)(H2,31,32,33)/t14-/m1/s1. The van der Waals surface area contributed by atoms with Crippen LogP contribution in [0.4, 0.5) is 5.82 Å². The van der Waals surface area contributed by atoms with E-state index in [4.69, 9.17) is 14.5 Å². The minimum absolute atomic E-state index is 0.134. The van der Waals surface area contributed by atoms with Crippen molar-refractivity contribution in [3.63, 3.8) is 0 Å². The largest absolute Gasteiger partial charge is 0.366 e. The summed E-state index contributed by atoms with van der Waals surface area (Å²) in [4.78, 5) is 66.7. The molecule has 0 spiro atoms. The number of aromatic nitrogens is 4. The molecule has 0 saturated carbocycles. The molecule has 14 nitrogen and oxygen atoms in total. The summed E-state index contributed by atoms with van der Waals surface area (Å²) in [6.07, 6.45) is 5.64. The Morgan fingerprint density at radius 2 is 1.89 bits per heavy atom. The van der Waals surface area contributed by atoms with E-state index in [2.05, 4.69) is 25.6 Å². The van der Waals surface area contributed by atoms with Crippen LogP contribution in [0, 0.1) is 0 Å². The molecular formula is C20H28N7O7P. The molecule has 0 radical (unpaired) electrons. The van der Waals surface area contributed by atoms with Gasteiger partial charge in [0, 0.05) is 38.2 Å². The summed E-state index contributed by atoms with van der Waals surface area (Å²) in [5.41, 5.74) is 1.05. The molecule has 3 amide bonds. The molecule has 1 atom stereocenters. The molecule has 0 bridgehead atoms. The van der Waals surface area contributed by atoms with Crippen LogP contribution in [0.2, 0.25) is 0 Å². The second kappa shape index (κ2) is 12.0. The lowest BCUT2D eigenvalue weighted by Crippen LogP contribution is -2.31. The number of ether oxygens (including phenoxy) is 1. The highest BCUT2D eigenvalue weighted by Gasteiger charge is 2.22. The molecule has 1 aliphatic rings. The van der Waals surface area contributed by atoms with Gasteiger partial charge in [-0.25, -0.2) is 15.0 Å². The summed E-state index contributed by atoms with van der Waals surface area (Å²) < 4.78 is 17.9. The van der Waals surface area contributed by atoms with Crippen LogP contribution in [0.1, 0.15) is 26.2 Å². The fourth-order valence-corrected chi connectivity index (χ4v) is 3.82. The third-order valence-electron chi connectivity index (χ3n) is 5.06. The van der Waals surface area contributed by atoms with Crippen molar-refractivity contribution in [3.8, 4) is 0 Å². The molecule has 0 aromatic carbocycles. The number of nitrogens with zero attached hydrogens (tertiary/aromatic N) is 5. The minimum Gasteiger partial charge on any atom is -0.366 e. The number of amides is 3. The van der Waals surface area contributed by atoms with Crippen LogP contribution in [0.5, 0.6) is 0 Å². The van der Waals surface area contributed by atoms with E-state index in [0.717, 1.165) is 4.90 Å². The smallest absolute Gasteiger partial charge is 0.350 e. The molecule has 4 N–H and O–H groups in total. The SMILES string of the molecule is C[C@H](Cn1cnc2c(NCCNC(=O)CCCCN3C(=O)C=CC3=O)ncnc21)OCP(=O)(O)O. The predicted molar refractivity (Wildman–Crippen MR) is 124 cm³/mol. The average Bonchev–Trinajstić information content (AvgIpc) is 3.35.